The zero-order chi connectivity index (χ0) is 19.0. The quantitative estimate of drug-likeness (QED) is 0.731. The Morgan fingerprint density at radius 2 is 1.96 bits per heavy atom. The molecule has 4 nitrogen and oxygen atoms in total. The van der Waals surface area contributed by atoms with E-state index in [1.54, 1.807) is 12.1 Å². The smallest absolute Gasteiger partial charge is 0.206 e. The third-order valence-corrected chi connectivity index (χ3v) is 5.58. The molecule has 27 heavy (non-hydrogen) atoms. The van der Waals surface area contributed by atoms with Crippen molar-refractivity contribution in [2.75, 3.05) is 31.1 Å². The van der Waals surface area contributed by atoms with Crippen LogP contribution in [-0.2, 0) is 13.0 Å². The average Bonchev–Trinajstić information content (AvgIpc) is 3.02. The Labute approximate surface area is 164 Å². The first-order valence-corrected chi connectivity index (χ1v) is 9.84. The Kier molecular flexibility index (Phi) is 5.06. The molecule has 2 aromatic carbocycles. The van der Waals surface area contributed by atoms with Gasteiger partial charge in [-0.05, 0) is 54.3 Å². The normalized spacial score (nSPS) is 14.9. The molecule has 1 N–H and O–H groups in total. The number of nitrogens with zero attached hydrogens (tertiary/aromatic N) is 3. The number of halogens is 2. The molecule has 1 aromatic heterocycles. The van der Waals surface area contributed by atoms with Gasteiger partial charge in [-0.25, -0.2) is 9.37 Å². The first-order chi connectivity index (χ1) is 13.1. The molecule has 142 valence electrons. The van der Waals surface area contributed by atoms with Crippen molar-refractivity contribution in [3.05, 3.63) is 57.9 Å². The highest BCUT2D eigenvalue weighted by molar-refractivity contribution is 6.30. The van der Waals surface area contributed by atoms with Crippen LogP contribution in [0.2, 0.25) is 5.02 Å². The van der Waals surface area contributed by atoms with Crippen molar-refractivity contribution in [2.45, 2.75) is 26.8 Å². The van der Waals surface area contributed by atoms with Crippen LogP contribution in [0.4, 0.5) is 10.3 Å². The number of nitrogens with one attached hydrogen (secondary N) is 1. The number of hydrogen-bond acceptors (Lipinski definition) is 3. The summed E-state index contributed by atoms with van der Waals surface area (Å²) in [4.78, 5) is 7.28. The van der Waals surface area contributed by atoms with E-state index in [1.807, 2.05) is 0 Å². The van der Waals surface area contributed by atoms with Gasteiger partial charge in [0.15, 0.2) is 0 Å². The molecule has 6 heteroatoms. The minimum absolute atomic E-state index is 0.158. The van der Waals surface area contributed by atoms with Crippen LogP contribution in [-0.4, -0.2) is 35.7 Å². The number of imidazole rings is 1. The predicted molar refractivity (Wildman–Crippen MR) is 109 cm³/mol. The maximum atomic E-state index is 13.6. The molecule has 0 bridgehead atoms. The van der Waals surface area contributed by atoms with E-state index >= 15 is 0 Å². The molecule has 3 aromatic rings. The molecule has 1 fully saturated rings. The lowest BCUT2D eigenvalue weighted by molar-refractivity contribution is 0.571. The van der Waals surface area contributed by atoms with Gasteiger partial charge in [-0.15, -0.1) is 0 Å². The fourth-order valence-electron chi connectivity index (χ4n) is 3.77. The SMILES string of the molecule is CCc1cc2c(cc1C)nc(N1CCNCC1)n2Cc1ccc(F)c(Cl)c1. The van der Waals surface area contributed by atoms with E-state index in [-0.39, 0.29) is 10.8 Å². The van der Waals surface area contributed by atoms with Gasteiger partial charge in [-0.2, -0.15) is 0 Å². The van der Waals surface area contributed by atoms with Crippen molar-refractivity contribution in [1.82, 2.24) is 14.9 Å². The number of aryl methyl sites for hydroxylation is 2. The molecule has 0 spiro atoms. The maximum absolute atomic E-state index is 13.6. The van der Waals surface area contributed by atoms with Crippen LogP contribution >= 0.6 is 11.6 Å². The number of piperazine rings is 1. The lowest BCUT2D eigenvalue weighted by Gasteiger charge is -2.29. The van der Waals surface area contributed by atoms with Crippen LogP contribution in [0.15, 0.2) is 30.3 Å². The Morgan fingerprint density at radius 1 is 1.19 bits per heavy atom. The summed E-state index contributed by atoms with van der Waals surface area (Å²) in [6.45, 7) is 8.67. The van der Waals surface area contributed by atoms with Gasteiger partial charge in [0.2, 0.25) is 5.95 Å². The van der Waals surface area contributed by atoms with Gasteiger partial charge < -0.3 is 14.8 Å². The summed E-state index contributed by atoms with van der Waals surface area (Å²) < 4.78 is 15.8. The molecule has 2 heterocycles. The minimum Gasteiger partial charge on any atom is -0.340 e. The molecule has 1 saturated heterocycles. The van der Waals surface area contributed by atoms with Crippen molar-refractivity contribution in [3.63, 3.8) is 0 Å². The summed E-state index contributed by atoms with van der Waals surface area (Å²) in [7, 11) is 0. The van der Waals surface area contributed by atoms with E-state index in [0.717, 1.165) is 55.1 Å². The Bertz CT molecular complexity index is 976. The second kappa shape index (κ2) is 7.49. The number of rotatable bonds is 4. The number of aromatic nitrogens is 2. The first kappa shape index (κ1) is 18.3. The summed E-state index contributed by atoms with van der Waals surface area (Å²) in [6.07, 6.45) is 0.984. The van der Waals surface area contributed by atoms with Crippen LogP contribution in [0.1, 0.15) is 23.6 Å². The van der Waals surface area contributed by atoms with Crippen LogP contribution in [0, 0.1) is 12.7 Å². The predicted octanol–water partition coefficient (Wildman–Crippen LogP) is 4.16. The largest absolute Gasteiger partial charge is 0.340 e. The van der Waals surface area contributed by atoms with Crippen LogP contribution < -0.4 is 10.2 Å². The molecule has 0 radical (unpaired) electrons. The standard InChI is InChI=1S/C21H24ClFN4/c1-3-16-12-20-19(10-14(16)2)25-21(26-8-6-24-7-9-26)27(20)13-15-4-5-18(23)17(22)11-15/h4-5,10-12,24H,3,6-9,13H2,1-2H3. The van der Waals surface area contributed by atoms with Crippen molar-refractivity contribution >= 4 is 28.6 Å². The Hall–Kier alpha value is -2.11. The van der Waals surface area contributed by atoms with Crippen LogP contribution in [0.3, 0.4) is 0 Å². The fraction of sp³-hybridized carbons (Fsp3) is 0.381. The van der Waals surface area contributed by atoms with E-state index < -0.39 is 0 Å². The van der Waals surface area contributed by atoms with Gasteiger partial charge in [-0.1, -0.05) is 24.6 Å². The molecule has 0 atom stereocenters. The van der Waals surface area contributed by atoms with E-state index in [4.69, 9.17) is 16.6 Å². The second-order valence-electron chi connectivity index (χ2n) is 7.10. The summed E-state index contributed by atoms with van der Waals surface area (Å²) in [5, 5.41) is 3.55. The van der Waals surface area contributed by atoms with E-state index in [1.165, 1.54) is 17.2 Å². The number of benzene rings is 2. The third-order valence-electron chi connectivity index (χ3n) is 5.29. The van der Waals surface area contributed by atoms with Crippen molar-refractivity contribution in [1.29, 1.82) is 0 Å². The zero-order valence-corrected chi connectivity index (χ0v) is 16.5. The third kappa shape index (κ3) is 3.54. The van der Waals surface area contributed by atoms with E-state index in [0.29, 0.717) is 6.54 Å². The van der Waals surface area contributed by atoms with Crippen molar-refractivity contribution < 1.29 is 4.39 Å². The summed E-state index contributed by atoms with van der Waals surface area (Å²) in [5.41, 5.74) is 5.69. The zero-order valence-electron chi connectivity index (χ0n) is 15.7. The van der Waals surface area contributed by atoms with Gasteiger partial charge in [0.25, 0.3) is 0 Å². The summed E-state index contributed by atoms with van der Waals surface area (Å²) in [6, 6.07) is 9.36. The maximum Gasteiger partial charge on any atom is 0.206 e. The highest BCUT2D eigenvalue weighted by Crippen LogP contribution is 2.28. The number of fused-ring (bicyclic) bond motifs is 1. The number of hydrogen-bond donors (Lipinski definition) is 1. The molecule has 1 aliphatic heterocycles. The van der Waals surface area contributed by atoms with Crippen LogP contribution in [0.5, 0.6) is 0 Å². The van der Waals surface area contributed by atoms with Crippen molar-refractivity contribution in [2.24, 2.45) is 0 Å². The molecule has 1 aliphatic rings. The molecule has 0 unspecified atom stereocenters. The summed E-state index contributed by atoms with van der Waals surface area (Å²) in [5.74, 6) is 0.585. The number of anilines is 1. The Morgan fingerprint density at radius 3 is 2.67 bits per heavy atom. The molecule has 0 aliphatic carbocycles. The highest BCUT2D eigenvalue weighted by atomic mass is 35.5. The average molecular weight is 387 g/mol. The second-order valence-corrected chi connectivity index (χ2v) is 7.51. The monoisotopic (exact) mass is 386 g/mol. The lowest BCUT2D eigenvalue weighted by Crippen LogP contribution is -2.44. The Balaban J connectivity index is 1.84. The van der Waals surface area contributed by atoms with Crippen LogP contribution in [0.25, 0.3) is 11.0 Å². The van der Waals surface area contributed by atoms with Gasteiger partial charge in [0.1, 0.15) is 5.82 Å². The van der Waals surface area contributed by atoms with E-state index in [2.05, 4.69) is 40.8 Å². The molecular formula is C21H24ClFN4. The van der Waals surface area contributed by atoms with Crippen molar-refractivity contribution in [3.8, 4) is 0 Å². The van der Waals surface area contributed by atoms with Gasteiger partial charge >= 0.3 is 0 Å². The summed E-state index contributed by atoms with van der Waals surface area (Å²) >= 11 is 6.01. The minimum atomic E-state index is -0.387. The molecule has 0 amide bonds. The van der Waals surface area contributed by atoms with Gasteiger partial charge in [0.05, 0.1) is 22.6 Å². The molecule has 0 saturated carbocycles. The molecule has 4 rings (SSSR count). The molecular weight excluding hydrogens is 363 g/mol. The fourth-order valence-corrected chi connectivity index (χ4v) is 3.97. The topological polar surface area (TPSA) is 33.1 Å². The van der Waals surface area contributed by atoms with Gasteiger partial charge in [-0.3, -0.25) is 0 Å². The first-order valence-electron chi connectivity index (χ1n) is 9.46. The van der Waals surface area contributed by atoms with Gasteiger partial charge in [0, 0.05) is 26.2 Å². The lowest BCUT2D eigenvalue weighted by atomic mass is 10.1. The highest BCUT2D eigenvalue weighted by Gasteiger charge is 2.20. The van der Waals surface area contributed by atoms with E-state index in [9.17, 15) is 4.39 Å².